The molecule has 1 aliphatic heterocycles. The van der Waals surface area contributed by atoms with Crippen LogP contribution in [0.25, 0.3) is 10.7 Å². The molecule has 0 N–H and O–H groups in total. The maximum absolute atomic E-state index is 12.8. The summed E-state index contributed by atoms with van der Waals surface area (Å²) < 4.78 is 42.7. The number of thiophene rings is 1. The molecule has 1 fully saturated rings. The van der Waals surface area contributed by atoms with Gasteiger partial charge in [-0.2, -0.15) is 23.3 Å². The largest absolute Gasteiger partial charge is 0.471 e. The van der Waals surface area contributed by atoms with Gasteiger partial charge in [-0.3, -0.25) is 4.98 Å². The predicted octanol–water partition coefficient (Wildman–Crippen LogP) is 4.34. The molecule has 13 heteroatoms. The second-order valence-corrected chi connectivity index (χ2v) is 8.47. The molecule has 0 saturated carbocycles. The third-order valence-corrected chi connectivity index (χ3v) is 6.13. The summed E-state index contributed by atoms with van der Waals surface area (Å²) in [7, 11) is 0. The van der Waals surface area contributed by atoms with Crippen LogP contribution in [0.2, 0.25) is 0 Å². The van der Waals surface area contributed by atoms with E-state index in [1.165, 1.54) is 11.3 Å². The normalized spacial score (nSPS) is 14.1. The van der Waals surface area contributed by atoms with Gasteiger partial charge >= 0.3 is 12.1 Å². The van der Waals surface area contributed by atoms with Crippen molar-refractivity contribution in [2.75, 3.05) is 22.9 Å². The smallest absolute Gasteiger partial charge is 0.370 e. The molecule has 0 aliphatic carbocycles. The lowest BCUT2D eigenvalue weighted by Crippen LogP contribution is -2.21. The van der Waals surface area contributed by atoms with E-state index in [9.17, 15) is 13.2 Å². The highest BCUT2D eigenvalue weighted by atomic mass is 32.1. The zero-order chi connectivity index (χ0) is 22.8. The van der Waals surface area contributed by atoms with Crippen LogP contribution in [0.3, 0.4) is 0 Å². The topological polar surface area (TPSA) is 97.0 Å². The van der Waals surface area contributed by atoms with Gasteiger partial charge in [-0.15, -0.1) is 16.4 Å². The van der Waals surface area contributed by atoms with Crippen LogP contribution in [-0.4, -0.2) is 43.4 Å². The Morgan fingerprint density at radius 2 is 1.94 bits per heavy atom. The van der Waals surface area contributed by atoms with E-state index in [1.807, 2.05) is 11.0 Å². The first-order valence-electron chi connectivity index (χ1n) is 10.1. The van der Waals surface area contributed by atoms with Crippen molar-refractivity contribution in [1.82, 2.24) is 30.3 Å². The van der Waals surface area contributed by atoms with Crippen LogP contribution >= 0.6 is 11.3 Å². The Morgan fingerprint density at radius 1 is 1.09 bits per heavy atom. The fourth-order valence-corrected chi connectivity index (χ4v) is 4.44. The Bertz CT molecular complexity index is 1220. The molecule has 9 nitrogen and oxygen atoms in total. The van der Waals surface area contributed by atoms with Gasteiger partial charge in [0, 0.05) is 36.4 Å². The second-order valence-electron chi connectivity index (χ2n) is 7.30. The molecule has 4 aromatic heterocycles. The number of alkyl halides is 3. The molecule has 0 radical (unpaired) electrons. The van der Waals surface area contributed by atoms with Crippen molar-refractivity contribution in [3.8, 4) is 10.7 Å². The Hall–Kier alpha value is -3.61. The van der Waals surface area contributed by atoms with E-state index in [0.29, 0.717) is 23.1 Å². The first-order valence-corrected chi connectivity index (χ1v) is 10.9. The first-order chi connectivity index (χ1) is 16.0. The van der Waals surface area contributed by atoms with E-state index >= 15 is 0 Å². The molecule has 4 aromatic rings. The molecule has 0 amide bonds. The quantitative estimate of drug-likeness (QED) is 0.404. The number of hydrogen-bond donors (Lipinski definition) is 0. The van der Waals surface area contributed by atoms with Gasteiger partial charge in [0.25, 0.3) is 0 Å². The molecule has 0 spiro atoms. The highest BCUT2D eigenvalue weighted by Crippen LogP contribution is 2.34. The average molecular weight is 474 g/mol. The third-order valence-electron chi connectivity index (χ3n) is 5.07. The van der Waals surface area contributed by atoms with Crippen LogP contribution < -0.4 is 9.80 Å². The van der Waals surface area contributed by atoms with Gasteiger partial charge in [-0.1, -0.05) is 5.16 Å². The lowest BCUT2D eigenvalue weighted by molar-refractivity contribution is -0.159. The third kappa shape index (κ3) is 4.62. The zero-order valence-corrected chi connectivity index (χ0v) is 17.9. The number of nitrogens with zero attached hydrogens (tertiary/aromatic N) is 8. The van der Waals surface area contributed by atoms with Crippen molar-refractivity contribution < 1.29 is 17.7 Å². The van der Waals surface area contributed by atoms with E-state index in [-0.39, 0.29) is 5.82 Å². The highest BCUT2D eigenvalue weighted by Gasteiger charge is 2.38. The predicted molar refractivity (Wildman–Crippen MR) is 114 cm³/mol. The molecule has 0 unspecified atom stereocenters. The van der Waals surface area contributed by atoms with Crippen molar-refractivity contribution in [2.24, 2.45) is 0 Å². The number of hydrogen-bond acceptors (Lipinski definition) is 10. The molecule has 1 aliphatic rings. The summed E-state index contributed by atoms with van der Waals surface area (Å²) in [6.45, 7) is 2.29. The van der Waals surface area contributed by atoms with Crippen molar-refractivity contribution in [3.05, 3.63) is 53.8 Å². The SMILES string of the molecule is FC(F)(F)c1nc(-c2ccc(CN(c3cnccn3)c3cc(N4CCCC4)cnn3)s2)no1. The maximum Gasteiger partial charge on any atom is 0.471 e. The molecule has 0 aromatic carbocycles. The molecule has 1 saturated heterocycles. The minimum Gasteiger partial charge on any atom is -0.370 e. The van der Waals surface area contributed by atoms with Gasteiger partial charge in [0.1, 0.15) is 0 Å². The van der Waals surface area contributed by atoms with Gasteiger partial charge in [0.05, 0.1) is 29.5 Å². The van der Waals surface area contributed by atoms with Gasteiger partial charge in [0.15, 0.2) is 11.6 Å². The summed E-state index contributed by atoms with van der Waals surface area (Å²) in [6.07, 6.45) is 4.09. The summed E-state index contributed by atoms with van der Waals surface area (Å²) in [5.41, 5.74) is 0.977. The molecular weight excluding hydrogens is 457 g/mol. The molecule has 33 heavy (non-hydrogen) atoms. The summed E-state index contributed by atoms with van der Waals surface area (Å²) in [5.74, 6) is -0.323. The number of aromatic nitrogens is 6. The minimum atomic E-state index is -4.69. The van der Waals surface area contributed by atoms with Crippen molar-refractivity contribution in [1.29, 1.82) is 0 Å². The van der Waals surface area contributed by atoms with Gasteiger partial charge in [-0.25, -0.2) is 4.98 Å². The van der Waals surface area contributed by atoms with Gasteiger partial charge in [-0.05, 0) is 25.0 Å². The molecule has 5 heterocycles. The fraction of sp³-hybridized carbons (Fsp3) is 0.300. The van der Waals surface area contributed by atoms with Crippen LogP contribution in [-0.2, 0) is 12.7 Å². The standard InChI is InChI=1S/C20H17F3N8OS/c21-20(22,23)19-27-18(29-32-19)15-4-3-14(33-15)12-31(17-11-24-5-6-25-17)16-9-13(10-26-28-16)30-7-1-2-8-30/h3-6,9-11H,1-2,7-8,12H2. The number of anilines is 3. The van der Waals surface area contributed by atoms with Gasteiger partial charge in [0.2, 0.25) is 5.82 Å². The van der Waals surface area contributed by atoms with E-state index < -0.39 is 12.1 Å². The van der Waals surface area contributed by atoms with E-state index in [0.717, 1.165) is 36.5 Å². The zero-order valence-electron chi connectivity index (χ0n) is 17.1. The molecular formula is C20H17F3N8OS. The number of halogens is 3. The highest BCUT2D eigenvalue weighted by molar-refractivity contribution is 7.15. The van der Waals surface area contributed by atoms with Crippen LogP contribution in [0, 0.1) is 0 Å². The molecule has 170 valence electrons. The lowest BCUT2D eigenvalue weighted by Gasteiger charge is -2.23. The van der Waals surface area contributed by atoms with Crippen molar-refractivity contribution in [2.45, 2.75) is 25.6 Å². The summed E-state index contributed by atoms with van der Waals surface area (Å²) >= 11 is 1.26. The Morgan fingerprint density at radius 3 is 2.67 bits per heavy atom. The molecule has 5 rings (SSSR count). The Kier molecular flexibility index (Phi) is 5.62. The summed E-state index contributed by atoms with van der Waals surface area (Å²) in [6, 6.07) is 5.41. The van der Waals surface area contributed by atoms with Gasteiger partial charge < -0.3 is 14.3 Å². The minimum absolute atomic E-state index is 0.111. The summed E-state index contributed by atoms with van der Waals surface area (Å²) in [5, 5.41) is 11.9. The fourth-order valence-electron chi connectivity index (χ4n) is 3.51. The second kappa shape index (κ2) is 8.73. The first kappa shape index (κ1) is 21.2. The summed E-state index contributed by atoms with van der Waals surface area (Å²) in [4.78, 5) is 17.4. The van der Waals surface area contributed by atoms with Crippen LogP contribution in [0.4, 0.5) is 30.5 Å². The number of rotatable bonds is 6. The van der Waals surface area contributed by atoms with Crippen molar-refractivity contribution >= 4 is 28.7 Å². The Balaban J connectivity index is 1.44. The van der Waals surface area contributed by atoms with Crippen LogP contribution in [0.15, 0.2) is 47.5 Å². The van der Waals surface area contributed by atoms with Crippen molar-refractivity contribution in [3.63, 3.8) is 0 Å². The average Bonchev–Trinajstić information content (AvgIpc) is 3.59. The van der Waals surface area contributed by atoms with E-state index in [2.05, 4.69) is 39.7 Å². The van der Waals surface area contributed by atoms with Crippen LogP contribution in [0.1, 0.15) is 23.6 Å². The molecule has 0 atom stereocenters. The Labute approximate surface area is 189 Å². The van der Waals surface area contributed by atoms with E-state index in [1.54, 1.807) is 36.9 Å². The van der Waals surface area contributed by atoms with E-state index in [4.69, 9.17) is 0 Å². The monoisotopic (exact) mass is 474 g/mol. The lowest BCUT2D eigenvalue weighted by atomic mass is 10.3. The maximum atomic E-state index is 12.8. The van der Waals surface area contributed by atoms with Crippen LogP contribution in [0.5, 0.6) is 0 Å². The molecule has 0 bridgehead atoms.